The second-order valence-electron chi connectivity index (χ2n) is 4.77. The van der Waals surface area contributed by atoms with Crippen LogP contribution in [-0.4, -0.2) is 29.2 Å². The van der Waals surface area contributed by atoms with Crippen molar-refractivity contribution in [3.8, 4) is 5.75 Å². The summed E-state index contributed by atoms with van der Waals surface area (Å²) in [6, 6.07) is 5.31. The van der Waals surface area contributed by atoms with E-state index < -0.39 is 0 Å². The molecule has 112 valence electrons. The lowest BCUT2D eigenvalue weighted by molar-refractivity contribution is -0.121. The highest BCUT2D eigenvalue weighted by atomic mass is 35.5. The molecule has 0 aliphatic carbocycles. The number of benzene rings is 1. The normalized spacial score (nSPS) is 18.5. The van der Waals surface area contributed by atoms with Crippen LogP contribution in [0.15, 0.2) is 23.1 Å². The van der Waals surface area contributed by atoms with Crippen LogP contribution in [0, 0.1) is 0 Å². The fourth-order valence-corrected chi connectivity index (χ4v) is 2.76. The topological polar surface area (TPSA) is 46.6 Å². The van der Waals surface area contributed by atoms with Crippen LogP contribution >= 0.6 is 23.4 Å². The average molecular weight is 326 g/mol. The molecule has 0 aromatic heterocycles. The number of halogens is 1. The monoisotopic (exact) mass is 325 g/mol. The third kappa shape index (κ3) is 3.60. The maximum absolute atomic E-state index is 11.8. The van der Waals surface area contributed by atoms with Gasteiger partial charge in [-0.15, -0.1) is 0 Å². The number of rotatable bonds is 4. The molecule has 0 radical (unpaired) electrons. The van der Waals surface area contributed by atoms with Crippen molar-refractivity contribution < 1.29 is 14.3 Å². The molecule has 1 saturated heterocycles. The third-order valence-corrected chi connectivity index (χ3v) is 4.40. The number of thioether (sulfide) groups is 1. The zero-order valence-electron chi connectivity index (χ0n) is 12.1. The summed E-state index contributed by atoms with van der Waals surface area (Å²) >= 11 is 7.11. The van der Waals surface area contributed by atoms with Gasteiger partial charge in [-0.3, -0.25) is 14.5 Å². The van der Waals surface area contributed by atoms with Gasteiger partial charge in [0.2, 0.25) is 0 Å². The first-order valence-corrected chi connectivity index (χ1v) is 7.79. The molecule has 2 rings (SSSR count). The van der Waals surface area contributed by atoms with E-state index >= 15 is 0 Å². The molecule has 1 aromatic carbocycles. The highest BCUT2D eigenvalue weighted by Crippen LogP contribution is 2.33. The van der Waals surface area contributed by atoms with Crippen molar-refractivity contribution in [3.63, 3.8) is 0 Å². The minimum absolute atomic E-state index is 0.0879. The van der Waals surface area contributed by atoms with E-state index in [0.717, 1.165) is 28.6 Å². The SMILES string of the molecule is CC[C@H](C)Oc1ccc(/C=C2/SC(=O)N(C)C2=O)cc1Cl. The van der Waals surface area contributed by atoms with Crippen LogP contribution in [0.5, 0.6) is 5.75 Å². The Bertz CT molecular complexity index is 615. The molecule has 2 amide bonds. The predicted octanol–water partition coefficient (Wildman–Crippen LogP) is 4.18. The van der Waals surface area contributed by atoms with E-state index in [4.69, 9.17) is 16.3 Å². The number of ether oxygens (including phenoxy) is 1. The maximum Gasteiger partial charge on any atom is 0.293 e. The Hall–Kier alpha value is -1.46. The Kier molecular flexibility index (Phi) is 4.96. The summed E-state index contributed by atoms with van der Waals surface area (Å²) in [6.07, 6.45) is 2.64. The van der Waals surface area contributed by atoms with E-state index in [2.05, 4.69) is 0 Å². The van der Waals surface area contributed by atoms with Crippen LogP contribution in [-0.2, 0) is 4.79 Å². The molecule has 0 spiro atoms. The minimum Gasteiger partial charge on any atom is -0.489 e. The van der Waals surface area contributed by atoms with E-state index in [1.54, 1.807) is 18.2 Å². The first-order chi connectivity index (χ1) is 9.92. The Balaban J connectivity index is 2.21. The van der Waals surface area contributed by atoms with E-state index in [9.17, 15) is 9.59 Å². The summed E-state index contributed by atoms with van der Waals surface area (Å²) in [4.78, 5) is 24.7. The van der Waals surface area contributed by atoms with Crippen molar-refractivity contribution in [1.82, 2.24) is 4.90 Å². The lowest BCUT2D eigenvalue weighted by atomic mass is 10.2. The molecule has 1 aromatic rings. The Morgan fingerprint density at radius 1 is 1.43 bits per heavy atom. The Morgan fingerprint density at radius 2 is 2.14 bits per heavy atom. The average Bonchev–Trinajstić information content (AvgIpc) is 2.69. The van der Waals surface area contributed by atoms with Gasteiger partial charge < -0.3 is 4.74 Å². The van der Waals surface area contributed by atoms with E-state index in [1.807, 2.05) is 19.9 Å². The van der Waals surface area contributed by atoms with Crippen molar-refractivity contribution in [2.24, 2.45) is 0 Å². The molecule has 1 fully saturated rings. The van der Waals surface area contributed by atoms with Crippen LogP contribution in [0.1, 0.15) is 25.8 Å². The number of likely N-dealkylation sites (N-methyl/N-ethyl adjacent to an activating group) is 1. The largest absolute Gasteiger partial charge is 0.489 e. The van der Waals surface area contributed by atoms with Crippen LogP contribution < -0.4 is 4.74 Å². The van der Waals surface area contributed by atoms with Crippen LogP contribution in [0.2, 0.25) is 5.02 Å². The van der Waals surface area contributed by atoms with Gasteiger partial charge >= 0.3 is 0 Å². The van der Waals surface area contributed by atoms with Gasteiger partial charge in [-0.1, -0.05) is 24.6 Å². The second kappa shape index (κ2) is 6.54. The van der Waals surface area contributed by atoms with Gasteiger partial charge in [0.15, 0.2) is 0 Å². The van der Waals surface area contributed by atoms with E-state index in [-0.39, 0.29) is 17.3 Å². The zero-order valence-corrected chi connectivity index (χ0v) is 13.6. The van der Waals surface area contributed by atoms with Crippen LogP contribution in [0.4, 0.5) is 4.79 Å². The van der Waals surface area contributed by atoms with Gasteiger partial charge in [0.05, 0.1) is 16.0 Å². The standard InChI is InChI=1S/C15H16ClNO3S/c1-4-9(2)20-12-6-5-10(7-11(12)16)8-13-14(18)17(3)15(19)21-13/h5-9H,4H2,1-3H3/b13-8+/t9-/m0/s1. The molecule has 1 aliphatic rings. The smallest absolute Gasteiger partial charge is 0.293 e. The zero-order chi connectivity index (χ0) is 15.6. The summed E-state index contributed by atoms with van der Waals surface area (Å²) in [5.74, 6) is 0.327. The molecule has 0 unspecified atom stereocenters. The van der Waals surface area contributed by atoms with Crippen molar-refractivity contribution in [1.29, 1.82) is 0 Å². The minimum atomic E-state index is -0.291. The molecule has 1 aliphatic heterocycles. The Labute approximate surface area is 133 Å². The Morgan fingerprint density at radius 3 is 2.67 bits per heavy atom. The predicted molar refractivity (Wildman–Crippen MR) is 85.6 cm³/mol. The number of amides is 2. The fourth-order valence-electron chi connectivity index (χ4n) is 1.70. The third-order valence-electron chi connectivity index (χ3n) is 3.14. The summed E-state index contributed by atoms with van der Waals surface area (Å²) in [7, 11) is 1.47. The van der Waals surface area contributed by atoms with Gasteiger partial charge in [0.25, 0.3) is 11.1 Å². The number of carbonyl (C=O) groups excluding carboxylic acids is 2. The lowest BCUT2D eigenvalue weighted by Crippen LogP contribution is -2.22. The van der Waals surface area contributed by atoms with Gasteiger partial charge in [-0.2, -0.15) is 0 Å². The summed E-state index contributed by atoms with van der Waals surface area (Å²) in [6.45, 7) is 4.01. The van der Waals surface area contributed by atoms with Crippen molar-refractivity contribution in [2.75, 3.05) is 7.05 Å². The number of carbonyl (C=O) groups is 2. The van der Waals surface area contributed by atoms with Crippen LogP contribution in [0.25, 0.3) is 6.08 Å². The highest BCUT2D eigenvalue weighted by Gasteiger charge is 2.31. The lowest BCUT2D eigenvalue weighted by Gasteiger charge is -2.14. The maximum atomic E-state index is 11.8. The second-order valence-corrected chi connectivity index (χ2v) is 6.17. The highest BCUT2D eigenvalue weighted by molar-refractivity contribution is 8.18. The molecule has 1 heterocycles. The molecule has 0 N–H and O–H groups in total. The van der Waals surface area contributed by atoms with Gasteiger partial charge in [0.1, 0.15) is 5.75 Å². The molecular formula is C15H16ClNO3S. The molecule has 6 heteroatoms. The van der Waals surface area contributed by atoms with Gasteiger partial charge in [-0.25, -0.2) is 0 Å². The number of imide groups is 1. The summed E-state index contributed by atoms with van der Waals surface area (Å²) in [5, 5.41) is 0.217. The summed E-state index contributed by atoms with van der Waals surface area (Å²) < 4.78 is 5.69. The van der Waals surface area contributed by atoms with E-state index in [1.165, 1.54) is 7.05 Å². The van der Waals surface area contributed by atoms with E-state index in [0.29, 0.717) is 15.7 Å². The van der Waals surface area contributed by atoms with Crippen LogP contribution in [0.3, 0.4) is 0 Å². The first kappa shape index (κ1) is 15.9. The fraction of sp³-hybridized carbons (Fsp3) is 0.333. The molecule has 0 saturated carbocycles. The quantitative estimate of drug-likeness (QED) is 0.779. The molecule has 1 atom stereocenters. The van der Waals surface area contributed by atoms with Crippen molar-refractivity contribution >= 4 is 40.6 Å². The van der Waals surface area contributed by atoms with Gasteiger partial charge in [-0.05, 0) is 48.9 Å². The van der Waals surface area contributed by atoms with Crippen molar-refractivity contribution in [3.05, 3.63) is 33.7 Å². The number of hydrogen-bond donors (Lipinski definition) is 0. The molecule has 4 nitrogen and oxygen atoms in total. The number of nitrogens with zero attached hydrogens (tertiary/aromatic N) is 1. The van der Waals surface area contributed by atoms with Crippen molar-refractivity contribution in [2.45, 2.75) is 26.4 Å². The first-order valence-electron chi connectivity index (χ1n) is 6.60. The van der Waals surface area contributed by atoms with Gasteiger partial charge in [0, 0.05) is 7.05 Å². The number of hydrogen-bond acceptors (Lipinski definition) is 4. The molecule has 0 bridgehead atoms. The molecule has 21 heavy (non-hydrogen) atoms. The molecular weight excluding hydrogens is 310 g/mol. The summed E-state index contributed by atoms with van der Waals surface area (Å²) in [5.41, 5.74) is 0.760.